The van der Waals surface area contributed by atoms with Crippen LogP contribution in [0.4, 0.5) is 0 Å². The van der Waals surface area contributed by atoms with E-state index in [0.29, 0.717) is 19.6 Å². The maximum Gasteiger partial charge on any atom is 0.246 e. The third-order valence-corrected chi connectivity index (χ3v) is 5.42. The molecule has 1 N–H and O–H groups in total. The second-order valence-electron chi connectivity index (χ2n) is 7.90. The number of aliphatic hydroxyl groups is 1. The molecule has 1 amide bonds. The van der Waals surface area contributed by atoms with E-state index in [0.717, 1.165) is 29.7 Å². The van der Waals surface area contributed by atoms with Crippen molar-refractivity contribution in [3.05, 3.63) is 83.6 Å². The average Bonchev–Trinajstić information content (AvgIpc) is 3.15. The van der Waals surface area contributed by atoms with Crippen LogP contribution in [-0.4, -0.2) is 44.9 Å². The van der Waals surface area contributed by atoms with Gasteiger partial charge in [-0.25, -0.2) is 0 Å². The molecule has 2 heterocycles. The number of aromatic nitrogens is 2. The maximum absolute atomic E-state index is 12.6. The molecule has 0 spiro atoms. The molecule has 0 saturated carbocycles. The molecule has 1 aliphatic heterocycles. The Bertz CT molecular complexity index is 1020. The number of nitrogens with zero attached hydrogens (tertiary/aromatic N) is 3. The van der Waals surface area contributed by atoms with Crippen LogP contribution in [0, 0.1) is 6.92 Å². The molecular formula is C25H27N3O2. The van der Waals surface area contributed by atoms with Gasteiger partial charge in [-0.15, -0.1) is 0 Å². The number of carbonyl (C=O) groups excluding carboxylic acids is 1. The Morgan fingerprint density at radius 3 is 2.67 bits per heavy atom. The topological polar surface area (TPSA) is 58.4 Å². The van der Waals surface area contributed by atoms with Gasteiger partial charge >= 0.3 is 0 Å². The van der Waals surface area contributed by atoms with Crippen molar-refractivity contribution in [1.29, 1.82) is 0 Å². The Balaban J connectivity index is 1.61. The molecule has 2 aromatic carbocycles. The van der Waals surface area contributed by atoms with Gasteiger partial charge in [-0.2, -0.15) is 5.10 Å². The zero-order valence-corrected chi connectivity index (χ0v) is 17.2. The first-order valence-electron chi connectivity index (χ1n) is 10.4. The average molecular weight is 402 g/mol. The summed E-state index contributed by atoms with van der Waals surface area (Å²) in [5, 5.41) is 14.6. The Morgan fingerprint density at radius 1 is 1.17 bits per heavy atom. The summed E-state index contributed by atoms with van der Waals surface area (Å²) >= 11 is 0. The van der Waals surface area contributed by atoms with Crippen molar-refractivity contribution in [1.82, 2.24) is 14.7 Å². The highest BCUT2D eigenvalue weighted by molar-refractivity contribution is 5.93. The molecule has 3 aromatic rings. The van der Waals surface area contributed by atoms with E-state index in [1.165, 1.54) is 11.1 Å². The predicted molar refractivity (Wildman–Crippen MR) is 119 cm³/mol. The number of amides is 1. The SMILES string of the molecule is Cc1ccc(-c2nn(Cc3ccccc3)cc2C=CC(=O)N2CCCC(O)C2)cc1. The number of hydrogen-bond acceptors (Lipinski definition) is 3. The summed E-state index contributed by atoms with van der Waals surface area (Å²) in [5.74, 6) is -0.0700. The lowest BCUT2D eigenvalue weighted by atomic mass is 10.1. The fourth-order valence-electron chi connectivity index (χ4n) is 3.77. The zero-order valence-electron chi connectivity index (χ0n) is 17.2. The zero-order chi connectivity index (χ0) is 20.9. The Hall–Kier alpha value is -3.18. The molecule has 1 saturated heterocycles. The van der Waals surface area contributed by atoms with E-state index in [1.54, 1.807) is 11.0 Å². The van der Waals surface area contributed by atoms with E-state index in [2.05, 4.69) is 43.3 Å². The summed E-state index contributed by atoms with van der Waals surface area (Å²) in [4.78, 5) is 14.3. The first-order chi connectivity index (χ1) is 14.6. The summed E-state index contributed by atoms with van der Waals surface area (Å²) < 4.78 is 1.92. The van der Waals surface area contributed by atoms with Crippen LogP contribution in [0.5, 0.6) is 0 Å². The number of aryl methyl sites for hydroxylation is 1. The van der Waals surface area contributed by atoms with Crippen LogP contribution in [0.15, 0.2) is 66.9 Å². The van der Waals surface area contributed by atoms with Gasteiger partial charge in [0.25, 0.3) is 0 Å². The Kier molecular flexibility index (Phi) is 6.10. The molecule has 0 radical (unpaired) electrons. The lowest BCUT2D eigenvalue weighted by molar-refractivity contribution is -0.128. The van der Waals surface area contributed by atoms with Crippen molar-refractivity contribution in [2.45, 2.75) is 32.4 Å². The standard InChI is InChI=1S/C25H27N3O2/c1-19-9-11-21(12-10-19)25-22(13-14-24(30)27-15-5-8-23(29)18-27)17-28(26-25)16-20-6-3-2-4-7-20/h2-4,6-7,9-14,17,23,29H,5,8,15-16,18H2,1H3. The van der Waals surface area contributed by atoms with Crippen molar-refractivity contribution in [2.75, 3.05) is 13.1 Å². The first kappa shape index (κ1) is 20.1. The van der Waals surface area contributed by atoms with Gasteiger partial charge in [0.2, 0.25) is 5.91 Å². The molecule has 1 unspecified atom stereocenters. The second kappa shape index (κ2) is 9.09. The molecule has 4 rings (SSSR count). The number of hydrogen-bond donors (Lipinski definition) is 1. The molecule has 5 nitrogen and oxygen atoms in total. The number of aliphatic hydroxyl groups excluding tert-OH is 1. The van der Waals surface area contributed by atoms with Crippen LogP contribution in [0.1, 0.15) is 29.5 Å². The van der Waals surface area contributed by atoms with Crippen molar-refractivity contribution >= 4 is 12.0 Å². The summed E-state index contributed by atoms with van der Waals surface area (Å²) in [6.07, 6.45) is 6.60. The number of β-amino-alcohol motifs (C(OH)–C–C–N with tert-alkyl or cyclic N) is 1. The van der Waals surface area contributed by atoms with Crippen LogP contribution in [0.2, 0.25) is 0 Å². The Morgan fingerprint density at radius 2 is 1.93 bits per heavy atom. The normalized spacial score (nSPS) is 16.9. The summed E-state index contributed by atoms with van der Waals surface area (Å²) in [7, 11) is 0. The Labute approximate surface area is 177 Å². The smallest absolute Gasteiger partial charge is 0.246 e. The summed E-state index contributed by atoms with van der Waals surface area (Å²) in [6, 6.07) is 18.5. The van der Waals surface area contributed by atoms with Crippen molar-refractivity contribution in [2.24, 2.45) is 0 Å². The van der Waals surface area contributed by atoms with E-state index >= 15 is 0 Å². The molecule has 30 heavy (non-hydrogen) atoms. The third-order valence-electron chi connectivity index (χ3n) is 5.42. The van der Waals surface area contributed by atoms with E-state index in [4.69, 9.17) is 5.10 Å². The van der Waals surface area contributed by atoms with Gasteiger partial charge in [0, 0.05) is 36.5 Å². The van der Waals surface area contributed by atoms with Crippen LogP contribution < -0.4 is 0 Å². The highest BCUT2D eigenvalue weighted by atomic mass is 16.3. The molecular weight excluding hydrogens is 374 g/mol. The third kappa shape index (κ3) is 4.86. The maximum atomic E-state index is 12.6. The van der Waals surface area contributed by atoms with Crippen LogP contribution in [-0.2, 0) is 11.3 Å². The summed E-state index contributed by atoms with van der Waals surface area (Å²) in [6.45, 7) is 3.82. The lowest BCUT2D eigenvalue weighted by Crippen LogP contribution is -2.41. The molecule has 1 aliphatic rings. The largest absolute Gasteiger partial charge is 0.391 e. The minimum atomic E-state index is -0.423. The van der Waals surface area contributed by atoms with Crippen LogP contribution in [0.25, 0.3) is 17.3 Å². The summed E-state index contributed by atoms with van der Waals surface area (Å²) in [5.41, 5.74) is 5.14. The van der Waals surface area contributed by atoms with Crippen LogP contribution in [0.3, 0.4) is 0 Å². The van der Waals surface area contributed by atoms with Crippen molar-refractivity contribution in [3.63, 3.8) is 0 Å². The van der Waals surface area contributed by atoms with Crippen molar-refractivity contribution in [3.8, 4) is 11.3 Å². The molecule has 1 aromatic heterocycles. The number of benzene rings is 2. The second-order valence-corrected chi connectivity index (χ2v) is 7.90. The minimum absolute atomic E-state index is 0.0700. The number of piperidine rings is 1. The number of rotatable bonds is 5. The van der Waals surface area contributed by atoms with Gasteiger partial charge in [-0.3, -0.25) is 9.48 Å². The quantitative estimate of drug-likeness (QED) is 0.660. The molecule has 1 atom stereocenters. The van der Waals surface area contributed by atoms with Gasteiger partial charge in [-0.05, 0) is 31.4 Å². The van der Waals surface area contributed by atoms with E-state index in [1.807, 2.05) is 35.2 Å². The van der Waals surface area contributed by atoms with Gasteiger partial charge < -0.3 is 10.0 Å². The minimum Gasteiger partial charge on any atom is -0.391 e. The monoisotopic (exact) mass is 401 g/mol. The van der Waals surface area contributed by atoms with E-state index in [-0.39, 0.29) is 5.91 Å². The fourth-order valence-corrected chi connectivity index (χ4v) is 3.77. The van der Waals surface area contributed by atoms with E-state index in [9.17, 15) is 9.90 Å². The molecule has 154 valence electrons. The van der Waals surface area contributed by atoms with Gasteiger partial charge in [0.1, 0.15) is 0 Å². The lowest BCUT2D eigenvalue weighted by Gasteiger charge is -2.29. The number of likely N-dealkylation sites (tertiary alicyclic amines) is 1. The van der Waals surface area contributed by atoms with Gasteiger partial charge in [-0.1, -0.05) is 60.2 Å². The number of carbonyl (C=O) groups is 1. The van der Waals surface area contributed by atoms with Gasteiger partial charge in [0.15, 0.2) is 0 Å². The van der Waals surface area contributed by atoms with Crippen molar-refractivity contribution < 1.29 is 9.90 Å². The van der Waals surface area contributed by atoms with Crippen LogP contribution >= 0.6 is 0 Å². The van der Waals surface area contributed by atoms with Gasteiger partial charge in [0.05, 0.1) is 18.3 Å². The molecule has 0 aliphatic carbocycles. The molecule has 0 bridgehead atoms. The molecule has 1 fully saturated rings. The first-order valence-corrected chi connectivity index (χ1v) is 10.4. The predicted octanol–water partition coefficient (Wildman–Crippen LogP) is 3.90. The highest BCUT2D eigenvalue weighted by Crippen LogP contribution is 2.24. The molecule has 5 heteroatoms. The van der Waals surface area contributed by atoms with E-state index < -0.39 is 6.10 Å². The highest BCUT2D eigenvalue weighted by Gasteiger charge is 2.20. The fraction of sp³-hybridized carbons (Fsp3) is 0.280.